The molecule has 1 aromatic carbocycles. The van der Waals surface area contributed by atoms with E-state index in [0.717, 1.165) is 12.7 Å². The van der Waals surface area contributed by atoms with Gasteiger partial charge < -0.3 is 10.1 Å². The molecule has 0 saturated heterocycles. The van der Waals surface area contributed by atoms with Crippen molar-refractivity contribution >= 4 is 6.29 Å². The molecule has 0 bridgehead atoms. The van der Waals surface area contributed by atoms with Gasteiger partial charge in [-0.3, -0.25) is 0 Å². The molecule has 0 aromatic heterocycles. The fraction of sp³-hybridized carbons (Fsp3) is 0.562. The number of rotatable bonds is 4. The molecule has 0 amide bonds. The Balaban J connectivity index is 0.000000327. The summed E-state index contributed by atoms with van der Waals surface area (Å²) >= 11 is 0. The van der Waals surface area contributed by atoms with Gasteiger partial charge in [-0.05, 0) is 41.0 Å². The van der Waals surface area contributed by atoms with Crippen LogP contribution in [0.2, 0.25) is 0 Å². The van der Waals surface area contributed by atoms with Crippen LogP contribution in [-0.2, 0) is 4.79 Å². The predicted octanol–water partition coefficient (Wildman–Crippen LogP) is 3.66. The van der Waals surface area contributed by atoms with E-state index < -0.39 is 0 Å². The molecule has 0 aliphatic rings. The van der Waals surface area contributed by atoms with Gasteiger partial charge in [0.25, 0.3) is 0 Å². The minimum atomic E-state index is -0.0325. The number of hydrogen-bond donors (Lipinski definition) is 1. The molecule has 0 spiro atoms. The third-order valence-electron chi connectivity index (χ3n) is 2.88. The van der Waals surface area contributed by atoms with E-state index in [0.29, 0.717) is 0 Å². The second-order valence-corrected chi connectivity index (χ2v) is 5.46. The van der Waals surface area contributed by atoms with Crippen LogP contribution in [0, 0.1) is 13.8 Å². The highest BCUT2D eigenvalue weighted by Crippen LogP contribution is 2.07. The lowest BCUT2D eigenvalue weighted by atomic mass is 10.0. The Bertz CT molecular complexity index is 341. The van der Waals surface area contributed by atoms with Crippen molar-refractivity contribution in [3.05, 3.63) is 35.4 Å². The maximum Gasteiger partial charge on any atom is 0.136 e. The number of carbonyl (C=O) groups is 1. The molecule has 1 N–H and O–H groups in total. The van der Waals surface area contributed by atoms with Crippen LogP contribution in [0.5, 0.6) is 0 Å². The molecule has 0 aliphatic carbocycles. The van der Waals surface area contributed by atoms with Gasteiger partial charge in [-0.25, -0.2) is 0 Å². The van der Waals surface area contributed by atoms with E-state index in [1.165, 1.54) is 11.1 Å². The topological polar surface area (TPSA) is 29.1 Å². The van der Waals surface area contributed by atoms with Gasteiger partial charge in [0.2, 0.25) is 0 Å². The molecule has 0 heterocycles. The van der Waals surface area contributed by atoms with Crippen molar-refractivity contribution in [3.8, 4) is 0 Å². The lowest BCUT2D eigenvalue weighted by Gasteiger charge is -2.26. The first-order valence-corrected chi connectivity index (χ1v) is 6.57. The highest BCUT2D eigenvalue weighted by atomic mass is 16.1. The molecule has 0 saturated carbocycles. The summed E-state index contributed by atoms with van der Waals surface area (Å²) in [6.07, 6.45) is 1.96. The molecular weight excluding hydrogens is 222 g/mol. The number of aryl methyl sites for hydroxylation is 2. The summed E-state index contributed by atoms with van der Waals surface area (Å²) in [5.41, 5.74) is 2.76. The van der Waals surface area contributed by atoms with Gasteiger partial charge in [-0.15, -0.1) is 0 Å². The fourth-order valence-electron chi connectivity index (χ4n) is 1.56. The molecule has 1 rings (SSSR count). The van der Waals surface area contributed by atoms with Gasteiger partial charge in [-0.2, -0.15) is 0 Å². The molecule has 0 aliphatic heterocycles. The Hall–Kier alpha value is -1.15. The normalized spacial score (nSPS) is 12.3. The van der Waals surface area contributed by atoms with Crippen molar-refractivity contribution in [2.45, 2.75) is 59.5 Å². The molecule has 2 nitrogen and oxygen atoms in total. The minimum absolute atomic E-state index is 0.0325. The quantitative estimate of drug-likeness (QED) is 0.825. The monoisotopic (exact) mass is 249 g/mol. The van der Waals surface area contributed by atoms with Crippen LogP contribution in [0.15, 0.2) is 24.3 Å². The van der Waals surface area contributed by atoms with Crippen LogP contribution in [-0.4, -0.2) is 17.9 Å². The van der Waals surface area contributed by atoms with Crippen molar-refractivity contribution in [1.82, 2.24) is 5.32 Å². The van der Waals surface area contributed by atoms with Crippen LogP contribution in [0.3, 0.4) is 0 Å². The Labute approximate surface area is 112 Å². The minimum Gasteiger partial charge on any atom is -0.303 e. The Morgan fingerprint density at radius 3 is 2.06 bits per heavy atom. The molecule has 2 heteroatoms. The maximum absolute atomic E-state index is 10.2. The number of aldehydes is 1. The summed E-state index contributed by atoms with van der Waals surface area (Å²) in [7, 11) is 0. The van der Waals surface area contributed by atoms with Crippen LogP contribution in [0.4, 0.5) is 0 Å². The summed E-state index contributed by atoms with van der Waals surface area (Å²) in [6.45, 7) is 12.4. The second kappa shape index (κ2) is 8.04. The van der Waals surface area contributed by atoms with Crippen LogP contribution in [0.25, 0.3) is 0 Å². The van der Waals surface area contributed by atoms with E-state index in [9.17, 15) is 4.79 Å². The van der Waals surface area contributed by atoms with Crippen LogP contribution < -0.4 is 5.32 Å². The highest BCUT2D eigenvalue weighted by Gasteiger charge is 2.16. The van der Waals surface area contributed by atoms with Crippen molar-refractivity contribution < 1.29 is 4.79 Å². The first-order valence-electron chi connectivity index (χ1n) is 6.57. The zero-order valence-corrected chi connectivity index (χ0v) is 12.6. The average molecular weight is 249 g/mol. The largest absolute Gasteiger partial charge is 0.303 e. The highest BCUT2D eigenvalue weighted by molar-refractivity contribution is 5.56. The SMILES string of the molecule is CCC(C)(C)NC(C)C=O.Cc1cccc(C)c1. The molecule has 18 heavy (non-hydrogen) atoms. The molecule has 0 fully saturated rings. The van der Waals surface area contributed by atoms with E-state index in [2.05, 4.69) is 64.2 Å². The van der Waals surface area contributed by atoms with Crippen molar-refractivity contribution in [1.29, 1.82) is 0 Å². The summed E-state index contributed by atoms with van der Waals surface area (Å²) in [6, 6.07) is 8.42. The summed E-state index contributed by atoms with van der Waals surface area (Å²) < 4.78 is 0. The van der Waals surface area contributed by atoms with Gasteiger partial charge >= 0.3 is 0 Å². The van der Waals surface area contributed by atoms with Crippen molar-refractivity contribution in [3.63, 3.8) is 0 Å². The van der Waals surface area contributed by atoms with E-state index >= 15 is 0 Å². The molecular formula is C16H27NO. The molecule has 102 valence electrons. The fourth-order valence-corrected chi connectivity index (χ4v) is 1.56. The first kappa shape index (κ1) is 16.9. The van der Waals surface area contributed by atoms with E-state index in [4.69, 9.17) is 0 Å². The second-order valence-electron chi connectivity index (χ2n) is 5.46. The Morgan fingerprint density at radius 2 is 1.78 bits per heavy atom. The number of hydrogen-bond acceptors (Lipinski definition) is 2. The zero-order valence-electron chi connectivity index (χ0n) is 12.6. The van der Waals surface area contributed by atoms with Gasteiger partial charge in [0.15, 0.2) is 0 Å². The maximum atomic E-state index is 10.2. The van der Waals surface area contributed by atoms with Crippen molar-refractivity contribution in [2.75, 3.05) is 0 Å². The molecule has 0 radical (unpaired) electrons. The van der Waals surface area contributed by atoms with Gasteiger partial charge in [0, 0.05) is 5.54 Å². The average Bonchev–Trinajstić information content (AvgIpc) is 2.29. The smallest absolute Gasteiger partial charge is 0.136 e. The lowest BCUT2D eigenvalue weighted by Crippen LogP contribution is -2.44. The summed E-state index contributed by atoms with van der Waals surface area (Å²) in [5.74, 6) is 0. The third kappa shape index (κ3) is 8.02. The van der Waals surface area contributed by atoms with Gasteiger partial charge in [0.05, 0.1) is 6.04 Å². The van der Waals surface area contributed by atoms with Crippen molar-refractivity contribution in [2.24, 2.45) is 0 Å². The standard InChI is InChI=1S/C8H17NO.C8H10/c1-5-8(3,4)9-7(2)6-10;1-7-4-3-5-8(2)6-7/h6-7,9H,5H2,1-4H3;3-6H,1-2H3. The number of nitrogens with one attached hydrogen (secondary N) is 1. The first-order chi connectivity index (χ1) is 8.30. The lowest BCUT2D eigenvalue weighted by molar-refractivity contribution is -0.109. The molecule has 1 unspecified atom stereocenters. The van der Waals surface area contributed by atoms with Crippen LogP contribution >= 0.6 is 0 Å². The van der Waals surface area contributed by atoms with Gasteiger partial charge in [0.1, 0.15) is 6.29 Å². The number of benzene rings is 1. The van der Waals surface area contributed by atoms with E-state index in [-0.39, 0.29) is 11.6 Å². The zero-order chi connectivity index (χ0) is 14.2. The van der Waals surface area contributed by atoms with Crippen LogP contribution in [0.1, 0.15) is 45.2 Å². The van der Waals surface area contributed by atoms with Gasteiger partial charge in [-0.1, -0.05) is 42.3 Å². The van der Waals surface area contributed by atoms with E-state index in [1.54, 1.807) is 0 Å². The predicted molar refractivity (Wildman–Crippen MR) is 78.9 cm³/mol. The summed E-state index contributed by atoms with van der Waals surface area (Å²) in [5, 5.41) is 3.19. The Morgan fingerprint density at radius 1 is 1.28 bits per heavy atom. The summed E-state index contributed by atoms with van der Waals surface area (Å²) in [4.78, 5) is 10.2. The number of carbonyl (C=O) groups excluding carboxylic acids is 1. The van der Waals surface area contributed by atoms with E-state index in [1.807, 2.05) is 6.92 Å². The molecule has 1 atom stereocenters. The Kier molecular flexibility index (Phi) is 7.53. The third-order valence-corrected chi connectivity index (χ3v) is 2.88. The molecule has 1 aromatic rings.